The average molecular weight is 604 g/mol. The molecule has 12 heteroatoms. The van der Waals surface area contributed by atoms with Crippen LogP contribution in [0.1, 0.15) is 53.6 Å². The topological polar surface area (TPSA) is 82.8 Å². The minimum Gasteiger partial charge on any atom is -0.420 e. The highest BCUT2D eigenvalue weighted by atomic mass is 35.5. The van der Waals surface area contributed by atoms with E-state index in [0.717, 1.165) is 24.8 Å². The van der Waals surface area contributed by atoms with Gasteiger partial charge in [0, 0.05) is 56.9 Å². The van der Waals surface area contributed by atoms with Crippen LogP contribution in [-0.2, 0) is 23.8 Å². The van der Waals surface area contributed by atoms with Crippen LogP contribution < -0.4 is 9.80 Å². The zero-order valence-electron chi connectivity index (χ0n) is 23.4. The molecule has 2 aromatic heterocycles. The summed E-state index contributed by atoms with van der Waals surface area (Å²) in [5.74, 6) is -0.596. The van der Waals surface area contributed by atoms with Crippen molar-refractivity contribution >= 4 is 35.1 Å². The molecule has 1 atom stereocenters. The first kappa shape index (κ1) is 29.9. The maximum absolute atomic E-state index is 13.8. The van der Waals surface area contributed by atoms with E-state index >= 15 is 0 Å². The second-order valence-electron chi connectivity index (χ2n) is 11.0. The molecule has 42 heavy (non-hydrogen) atoms. The summed E-state index contributed by atoms with van der Waals surface area (Å²) in [6.45, 7) is 5.48. The average Bonchev–Trinajstić information content (AvgIpc) is 3.28. The molecule has 0 aliphatic carbocycles. The summed E-state index contributed by atoms with van der Waals surface area (Å²) in [7, 11) is 0. The molecule has 5 rings (SSSR count). The van der Waals surface area contributed by atoms with E-state index in [4.69, 9.17) is 16.0 Å². The van der Waals surface area contributed by atoms with E-state index in [0.29, 0.717) is 61.6 Å². The van der Waals surface area contributed by atoms with E-state index in [9.17, 15) is 22.8 Å². The summed E-state index contributed by atoms with van der Waals surface area (Å²) >= 11 is 6.22. The van der Waals surface area contributed by atoms with Crippen molar-refractivity contribution in [3.05, 3.63) is 70.2 Å². The van der Waals surface area contributed by atoms with E-state index in [-0.39, 0.29) is 24.8 Å². The Balaban J connectivity index is 1.21. The van der Waals surface area contributed by atoms with Crippen molar-refractivity contribution in [3.63, 3.8) is 0 Å². The van der Waals surface area contributed by atoms with Crippen molar-refractivity contribution in [2.75, 3.05) is 49.1 Å². The number of pyridine rings is 1. The normalized spacial score (nSPS) is 18.2. The molecular formula is C30H33ClF3N5O3. The van der Waals surface area contributed by atoms with E-state index in [1.807, 2.05) is 30.0 Å². The minimum atomic E-state index is -4.81. The number of Topliss-reactive ketones (excluding diaryl/α,β-unsaturated/α-hetero) is 1. The molecule has 2 fully saturated rings. The van der Waals surface area contributed by atoms with Gasteiger partial charge in [0.15, 0.2) is 5.69 Å². The third kappa shape index (κ3) is 7.06. The number of aromatic nitrogens is 2. The Hall–Kier alpha value is -3.60. The summed E-state index contributed by atoms with van der Waals surface area (Å²) in [5, 5.41) is 0.570. The van der Waals surface area contributed by atoms with Gasteiger partial charge < -0.3 is 19.1 Å². The first-order valence-electron chi connectivity index (χ1n) is 14.2. The SMILES string of the molecule is CC1CCCN(c2nc(C(F)(F)F)c(C(=O)Cc3ccc(N4CCCN(C(=O)Cc5ccccc5Cl)CC4)nc3)o2)C1. The van der Waals surface area contributed by atoms with Crippen molar-refractivity contribution in [3.8, 4) is 0 Å². The molecule has 1 aromatic carbocycles. The number of hydrogen-bond acceptors (Lipinski definition) is 7. The fourth-order valence-electron chi connectivity index (χ4n) is 5.47. The Bertz CT molecular complexity index is 1410. The van der Waals surface area contributed by atoms with Crippen molar-refractivity contribution in [2.45, 2.75) is 45.2 Å². The number of amides is 1. The lowest BCUT2D eigenvalue weighted by atomic mass is 10.0. The molecule has 2 aliphatic heterocycles. The lowest BCUT2D eigenvalue weighted by Gasteiger charge is -2.29. The molecule has 0 N–H and O–H groups in total. The first-order valence-corrected chi connectivity index (χ1v) is 14.5. The van der Waals surface area contributed by atoms with Crippen LogP contribution in [0.2, 0.25) is 5.02 Å². The number of alkyl halides is 3. The zero-order valence-corrected chi connectivity index (χ0v) is 24.1. The molecule has 224 valence electrons. The van der Waals surface area contributed by atoms with E-state index < -0.39 is 23.4 Å². The number of rotatable bonds is 7. The van der Waals surface area contributed by atoms with Crippen molar-refractivity contribution in [2.24, 2.45) is 5.92 Å². The number of ketones is 1. The molecule has 1 amide bonds. The number of carbonyl (C=O) groups is 2. The number of hydrogen-bond donors (Lipinski definition) is 0. The Morgan fingerprint density at radius 2 is 1.79 bits per heavy atom. The number of nitrogens with zero attached hydrogens (tertiary/aromatic N) is 5. The van der Waals surface area contributed by atoms with Gasteiger partial charge in [-0.1, -0.05) is 42.8 Å². The second kappa shape index (κ2) is 12.7. The first-order chi connectivity index (χ1) is 20.1. The van der Waals surface area contributed by atoms with Gasteiger partial charge in [0.2, 0.25) is 17.5 Å². The number of anilines is 2. The van der Waals surface area contributed by atoms with Crippen molar-refractivity contribution in [1.82, 2.24) is 14.9 Å². The van der Waals surface area contributed by atoms with Gasteiger partial charge in [0.1, 0.15) is 5.82 Å². The van der Waals surface area contributed by atoms with Gasteiger partial charge in [-0.15, -0.1) is 0 Å². The van der Waals surface area contributed by atoms with E-state index in [2.05, 4.69) is 14.9 Å². The third-order valence-corrected chi connectivity index (χ3v) is 8.08. The second-order valence-corrected chi connectivity index (χ2v) is 11.4. The number of halogens is 4. The highest BCUT2D eigenvalue weighted by molar-refractivity contribution is 6.31. The van der Waals surface area contributed by atoms with Gasteiger partial charge in [-0.25, -0.2) is 4.98 Å². The predicted octanol–water partition coefficient (Wildman–Crippen LogP) is 5.68. The summed E-state index contributed by atoms with van der Waals surface area (Å²) < 4.78 is 46.7. The van der Waals surface area contributed by atoms with E-state index in [1.165, 1.54) is 6.20 Å². The van der Waals surface area contributed by atoms with Crippen LogP contribution in [0.3, 0.4) is 0 Å². The maximum Gasteiger partial charge on any atom is 0.437 e. The smallest absolute Gasteiger partial charge is 0.420 e. The predicted molar refractivity (Wildman–Crippen MR) is 153 cm³/mol. The number of oxazole rings is 1. The highest BCUT2D eigenvalue weighted by Gasteiger charge is 2.42. The molecule has 4 heterocycles. The quantitative estimate of drug-likeness (QED) is 0.321. The molecule has 8 nitrogen and oxygen atoms in total. The Kier molecular flexibility index (Phi) is 9.05. The molecule has 1 unspecified atom stereocenters. The maximum atomic E-state index is 13.8. The monoisotopic (exact) mass is 603 g/mol. The van der Waals surface area contributed by atoms with Gasteiger partial charge in [-0.3, -0.25) is 9.59 Å². The Morgan fingerprint density at radius 1 is 1.00 bits per heavy atom. The fraction of sp³-hybridized carbons (Fsp3) is 0.467. The lowest BCUT2D eigenvalue weighted by Crippen LogP contribution is -2.36. The van der Waals surface area contributed by atoms with Crippen LogP contribution in [0.4, 0.5) is 25.0 Å². The summed E-state index contributed by atoms with van der Waals surface area (Å²) in [4.78, 5) is 39.6. The summed E-state index contributed by atoms with van der Waals surface area (Å²) in [5.41, 5.74) is -0.0293. The number of benzene rings is 1. The van der Waals surface area contributed by atoms with Gasteiger partial charge in [-0.2, -0.15) is 18.2 Å². The number of piperidine rings is 1. The van der Waals surface area contributed by atoms with Gasteiger partial charge in [0.05, 0.1) is 6.42 Å². The van der Waals surface area contributed by atoms with Gasteiger partial charge in [0.25, 0.3) is 6.01 Å². The van der Waals surface area contributed by atoms with Crippen LogP contribution in [0, 0.1) is 5.92 Å². The van der Waals surface area contributed by atoms with Crippen LogP contribution in [-0.4, -0.2) is 65.8 Å². The number of carbonyl (C=O) groups excluding carboxylic acids is 2. The molecule has 0 bridgehead atoms. The fourth-order valence-corrected chi connectivity index (χ4v) is 5.68. The minimum absolute atomic E-state index is 0.00960. The molecule has 0 radical (unpaired) electrons. The summed E-state index contributed by atoms with van der Waals surface area (Å²) in [6.07, 6.45) is -0.831. The molecule has 2 aliphatic rings. The highest BCUT2D eigenvalue weighted by Crippen LogP contribution is 2.35. The van der Waals surface area contributed by atoms with Crippen molar-refractivity contribution < 1.29 is 27.2 Å². The van der Waals surface area contributed by atoms with Crippen LogP contribution in [0.25, 0.3) is 0 Å². The van der Waals surface area contributed by atoms with Crippen LogP contribution >= 0.6 is 11.6 Å². The largest absolute Gasteiger partial charge is 0.437 e. The van der Waals surface area contributed by atoms with Crippen molar-refractivity contribution in [1.29, 1.82) is 0 Å². The Morgan fingerprint density at radius 3 is 2.50 bits per heavy atom. The standard InChI is InChI=1S/C30H33ClF3N5O3/c1-20-6-4-11-39(19-20)29-36-28(30(32,33)34)27(42-29)24(40)16-21-9-10-25(35-18-21)37-12-5-13-38(15-14-37)26(41)17-22-7-2-3-8-23(22)31/h2-3,7-10,18,20H,4-6,11-17,19H2,1H3. The van der Waals surface area contributed by atoms with Crippen LogP contribution in [0.15, 0.2) is 47.0 Å². The lowest BCUT2D eigenvalue weighted by molar-refractivity contribution is -0.141. The molecule has 2 saturated heterocycles. The van der Waals surface area contributed by atoms with Crippen LogP contribution in [0.5, 0.6) is 0 Å². The zero-order chi connectivity index (χ0) is 29.9. The molecule has 3 aromatic rings. The molecular weight excluding hydrogens is 571 g/mol. The van der Waals surface area contributed by atoms with Gasteiger partial charge in [-0.05, 0) is 48.4 Å². The third-order valence-electron chi connectivity index (χ3n) is 7.71. The Labute approximate surface area is 247 Å². The molecule has 0 saturated carbocycles. The molecule has 0 spiro atoms. The summed E-state index contributed by atoms with van der Waals surface area (Å²) in [6, 6.07) is 10.6. The van der Waals surface area contributed by atoms with E-state index in [1.54, 1.807) is 23.1 Å². The van der Waals surface area contributed by atoms with Gasteiger partial charge >= 0.3 is 6.18 Å².